The molecule has 1 saturated carbocycles. The molecule has 0 aromatic heterocycles. The first kappa shape index (κ1) is 19.6. The van der Waals surface area contributed by atoms with E-state index in [-0.39, 0.29) is 12.8 Å². The smallest absolute Gasteiger partial charge is 0.382 e. The first-order chi connectivity index (χ1) is 12.2. The summed E-state index contributed by atoms with van der Waals surface area (Å²) in [5, 5.41) is 4.15. The molecule has 1 saturated heterocycles. The molecule has 0 amide bonds. The Morgan fingerprint density at radius 3 is 2.27 bits per heavy atom. The standard InChI is InChI=1S/C19H27ClF3N3/c1-12-10-18(26-8-6-13(7-9-26)19(21,22)23)16(20)11-17(12)25-15-4-2-14(24)3-5-15/h10-11,13-15,25H,2-9,24H2,1H3. The van der Waals surface area contributed by atoms with Crippen molar-refractivity contribution >= 4 is 23.0 Å². The molecule has 0 radical (unpaired) electrons. The van der Waals surface area contributed by atoms with Crippen LogP contribution in [-0.4, -0.2) is 31.3 Å². The highest BCUT2D eigenvalue weighted by Gasteiger charge is 2.41. The molecule has 0 spiro atoms. The zero-order valence-electron chi connectivity index (χ0n) is 15.1. The number of hydrogen-bond acceptors (Lipinski definition) is 3. The van der Waals surface area contributed by atoms with Crippen molar-refractivity contribution in [2.75, 3.05) is 23.3 Å². The monoisotopic (exact) mass is 389 g/mol. The molecule has 2 fully saturated rings. The number of nitrogens with one attached hydrogen (secondary N) is 1. The molecule has 146 valence electrons. The Morgan fingerprint density at radius 2 is 1.69 bits per heavy atom. The highest BCUT2D eigenvalue weighted by molar-refractivity contribution is 6.33. The summed E-state index contributed by atoms with van der Waals surface area (Å²) in [6, 6.07) is 4.61. The van der Waals surface area contributed by atoms with Crippen molar-refractivity contribution in [3.8, 4) is 0 Å². The Balaban J connectivity index is 1.66. The second kappa shape index (κ2) is 7.85. The van der Waals surface area contributed by atoms with Crippen LogP contribution in [0.25, 0.3) is 0 Å². The van der Waals surface area contributed by atoms with E-state index in [9.17, 15) is 13.2 Å². The maximum absolute atomic E-state index is 12.9. The number of hydrogen-bond donors (Lipinski definition) is 2. The van der Waals surface area contributed by atoms with E-state index in [0.29, 0.717) is 30.2 Å². The van der Waals surface area contributed by atoms with Crippen LogP contribution in [0.1, 0.15) is 44.1 Å². The minimum Gasteiger partial charge on any atom is -0.382 e. The molecular formula is C19H27ClF3N3. The van der Waals surface area contributed by atoms with Crippen LogP contribution in [0.4, 0.5) is 24.5 Å². The fraction of sp³-hybridized carbons (Fsp3) is 0.684. The average molecular weight is 390 g/mol. The predicted molar refractivity (Wildman–Crippen MR) is 101 cm³/mol. The van der Waals surface area contributed by atoms with E-state index in [1.54, 1.807) is 0 Å². The van der Waals surface area contributed by atoms with Gasteiger partial charge in [-0.25, -0.2) is 0 Å². The number of alkyl halides is 3. The Bertz CT molecular complexity index is 619. The molecule has 1 aliphatic carbocycles. The minimum atomic E-state index is -4.10. The number of benzene rings is 1. The average Bonchev–Trinajstić information content (AvgIpc) is 2.59. The highest BCUT2D eigenvalue weighted by atomic mass is 35.5. The Kier molecular flexibility index (Phi) is 5.92. The molecular weight excluding hydrogens is 363 g/mol. The number of nitrogens with zero attached hydrogens (tertiary/aromatic N) is 1. The number of piperidine rings is 1. The van der Waals surface area contributed by atoms with E-state index >= 15 is 0 Å². The van der Waals surface area contributed by atoms with Crippen molar-refractivity contribution in [1.29, 1.82) is 0 Å². The summed E-state index contributed by atoms with van der Waals surface area (Å²) in [7, 11) is 0. The van der Waals surface area contributed by atoms with Gasteiger partial charge in [0.05, 0.1) is 16.6 Å². The van der Waals surface area contributed by atoms with E-state index in [4.69, 9.17) is 17.3 Å². The lowest BCUT2D eigenvalue weighted by Gasteiger charge is -2.35. The third-order valence-corrected chi connectivity index (χ3v) is 6.03. The summed E-state index contributed by atoms with van der Waals surface area (Å²) in [5.41, 5.74) is 8.86. The molecule has 0 unspecified atom stereocenters. The predicted octanol–water partition coefficient (Wildman–Crippen LogP) is 5.11. The van der Waals surface area contributed by atoms with Crippen molar-refractivity contribution in [2.45, 2.75) is 63.7 Å². The summed E-state index contributed by atoms with van der Waals surface area (Å²) < 4.78 is 38.6. The summed E-state index contributed by atoms with van der Waals surface area (Å²) in [5.74, 6) is -1.20. The van der Waals surface area contributed by atoms with Gasteiger partial charge in [0.2, 0.25) is 0 Å². The summed E-state index contributed by atoms with van der Waals surface area (Å²) in [6.07, 6.45) is 0.299. The van der Waals surface area contributed by atoms with Crippen molar-refractivity contribution in [3.05, 3.63) is 22.7 Å². The lowest BCUT2D eigenvalue weighted by molar-refractivity contribution is -0.179. The van der Waals surface area contributed by atoms with Gasteiger partial charge in [-0.05, 0) is 63.1 Å². The van der Waals surface area contributed by atoms with Gasteiger partial charge in [-0.1, -0.05) is 11.6 Å². The van der Waals surface area contributed by atoms with Crippen LogP contribution in [0.3, 0.4) is 0 Å². The molecule has 3 N–H and O–H groups in total. The van der Waals surface area contributed by atoms with Crippen molar-refractivity contribution in [3.63, 3.8) is 0 Å². The lowest BCUT2D eigenvalue weighted by Crippen LogP contribution is -2.39. The van der Waals surface area contributed by atoms with Crippen LogP contribution >= 0.6 is 11.6 Å². The highest BCUT2D eigenvalue weighted by Crippen LogP contribution is 2.38. The van der Waals surface area contributed by atoms with Crippen molar-refractivity contribution in [1.82, 2.24) is 0 Å². The van der Waals surface area contributed by atoms with Gasteiger partial charge in [0, 0.05) is 30.9 Å². The van der Waals surface area contributed by atoms with Crippen molar-refractivity contribution in [2.24, 2.45) is 11.7 Å². The number of aryl methyl sites for hydroxylation is 1. The third-order valence-electron chi connectivity index (χ3n) is 5.72. The Hall–Kier alpha value is -1.14. The maximum atomic E-state index is 12.9. The molecule has 3 rings (SSSR count). The van der Waals surface area contributed by atoms with Crippen LogP contribution in [0.2, 0.25) is 5.02 Å². The van der Waals surface area contributed by atoms with Crippen LogP contribution in [0.5, 0.6) is 0 Å². The number of anilines is 2. The van der Waals surface area contributed by atoms with E-state index in [1.807, 2.05) is 24.0 Å². The second-order valence-corrected chi connectivity index (χ2v) is 8.08. The second-order valence-electron chi connectivity index (χ2n) is 7.68. The SMILES string of the molecule is Cc1cc(N2CCC(C(F)(F)F)CC2)c(Cl)cc1NC1CCC(N)CC1. The summed E-state index contributed by atoms with van der Waals surface area (Å²) in [6.45, 7) is 2.78. The zero-order valence-corrected chi connectivity index (χ0v) is 15.8. The van der Waals surface area contributed by atoms with Gasteiger partial charge in [-0.3, -0.25) is 0 Å². The molecule has 26 heavy (non-hydrogen) atoms. The van der Waals surface area contributed by atoms with E-state index < -0.39 is 12.1 Å². The molecule has 1 aliphatic heterocycles. The largest absolute Gasteiger partial charge is 0.391 e. The topological polar surface area (TPSA) is 41.3 Å². The van der Waals surface area contributed by atoms with Crippen LogP contribution in [0.15, 0.2) is 12.1 Å². The fourth-order valence-electron chi connectivity index (χ4n) is 4.00. The zero-order chi connectivity index (χ0) is 18.9. The van der Waals surface area contributed by atoms with Gasteiger partial charge >= 0.3 is 6.18 Å². The quantitative estimate of drug-likeness (QED) is 0.754. The molecule has 0 atom stereocenters. The first-order valence-electron chi connectivity index (χ1n) is 9.38. The fourth-order valence-corrected chi connectivity index (χ4v) is 4.28. The third kappa shape index (κ3) is 4.58. The molecule has 0 bridgehead atoms. The molecule has 3 nitrogen and oxygen atoms in total. The Morgan fingerprint density at radius 1 is 1.08 bits per heavy atom. The molecule has 1 aromatic carbocycles. The van der Waals surface area contributed by atoms with Gasteiger partial charge in [0.15, 0.2) is 0 Å². The van der Waals surface area contributed by atoms with Crippen LogP contribution in [-0.2, 0) is 0 Å². The van der Waals surface area contributed by atoms with Crippen molar-refractivity contribution < 1.29 is 13.2 Å². The van der Waals surface area contributed by atoms with Gasteiger partial charge in [-0.15, -0.1) is 0 Å². The molecule has 1 heterocycles. The molecule has 7 heteroatoms. The van der Waals surface area contributed by atoms with E-state index in [2.05, 4.69) is 5.32 Å². The van der Waals surface area contributed by atoms with Gasteiger partial charge in [0.25, 0.3) is 0 Å². The Labute approximate surface area is 158 Å². The van der Waals surface area contributed by atoms with Gasteiger partial charge < -0.3 is 16.0 Å². The summed E-state index contributed by atoms with van der Waals surface area (Å²) in [4.78, 5) is 1.97. The first-order valence-corrected chi connectivity index (χ1v) is 9.75. The van der Waals surface area contributed by atoms with Gasteiger partial charge in [0.1, 0.15) is 0 Å². The van der Waals surface area contributed by atoms with E-state index in [0.717, 1.165) is 42.6 Å². The normalized spacial score (nSPS) is 25.4. The van der Waals surface area contributed by atoms with E-state index in [1.165, 1.54) is 0 Å². The number of rotatable bonds is 3. The maximum Gasteiger partial charge on any atom is 0.391 e. The summed E-state index contributed by atoms with van der Waals surface area (Å²) >= 11 is 6.48. The minimum absolute atomic E-state index is 0.126. The van der Waals surface area contributed by atoms with Gasteiger partial charge in [-0.2, -0.15) is 13.2 Å². The number of nitrogens with two attached hydrogens (primary N) is 1. The lowest BCUT2D eigenvalue weighted by atomic mass is 9.91. The van der Waals surface area contributed by atoms with Crippen LogP contribution in [0, 0.1) is 12.8 Å². The molecule has 2 aliphatic rings. The number of halogens is 4. The molecule has 1 aromatic rings. The van der Waals surface area contributed by atoms with Crippen LogP contribution < -0.4 is 16.0 Å².